The van der Waals surface area contributed by atoms with Crippen LogP contribution in [-0.4, -0.2) is 20.2 Å². The number of carboxylic acid groups (broad SMARTS) is 1. The number of aliphatic carboxylic acids is 1. The first kappa shape index (κ1) is 17.1. The molecular formula is C13H14BrCl3O2. The van der Waals surface area contributed by atoms with Gasteiger partial charge in [-0.2, -0.15) is 0 Å². The Morgan fingerprint density at radius 3 is 2.42 bits per heavy atom. The Morgan fingerprint density at radius 2 is 2.00 bits per heavy atom. The number of aryl methyl sites for hydroxylation is 1. The minimum absolute atomic E-state index is 0.0988. The lowest BCUT2D eigenvalue weighted by Gasteiger charge is -2.31. The molecule has 0 heterocycles. The number of carboxylic acids is 1. The average molecular weight is 389 g/mol. The Kier molecular flexibility index (Phi) is 5.99. The highest BCUT2D eigenvalue weighted by molar-refractivity contribution is 9.09. The fourth-order valence-corrected chi connectivity index (χ4v) is 3.36. The number of benzene rings is 1. The van der Waals surface area contributed by atoms with E-state index in [1.807, 2.05) is 25.1 Å². The predicted octanol–water partition coefficient (Wildman–Crippen LogP) is 4.73. The van der Waals surface area contributed by atoms with Gasteiger partial charge in [0.25, 0.3) is 0 Å². The maximum absolute atomic E-state index is 11.7. The van der Waals surface area contributed by atoms with Gasteiger partial charge in [-0.25, -0.2) is 0 Å². The third-order valence-electron chi connectivity index (χ3n) is 3.03. The lowest BCUT2D eigenvalue weighted by Crippen LogP contribution is -2.41. The quantitative estimate of drug-likeness (QED) is 0.741. The number of alkyl halides is 4. The van der Waals surface area contributed by atoms with E-state index in [2.05, 4.69) is 15.9 Å². The zero-order valence-corrected chi connectivity index (χ0v) is 14.2. The largest absolute Gasteiger partial charge is 0.481 e. The van der Waals surface area contributed by atoms with Crippen molar-refractivity contribution in [1.29, 1.82) is 0 Å². The minimum atomic E-state index is -1.63. The van der Waals surface area contributed by atoms with Crippen LogP contribution in [0.3, 0.4) is 0 Å². The highest BCUT2D eigenvalue weighted by Gasteiger charge is 2.45. The molecule has 0 saturated carbocycles. The molecule has 1 N–H and O–H groups in total. The van der Waals surface area contributed by atoms with Crippen LogP contribution in [0.4, 0.5) is 0 Å². The van der Waals surface area contributed by atoms with Gasteiger partial charge >= 0.3 is 5.97 Å². The van der Waals surface area contributed by atoms with E-state index < -0.39 is 15.2 Å². The van der Waals surface area contributed by atoms with Crippen LogP contribution in [0.25, 0.3) is 0 Å². The maximum Gasteiger partial charge on any atom is 0.315 e. The van der Waals surface area contributed by atoms with E-state index >= 15 is 0 Å². The second-order valence-electron chi connectivity index (χ2n) is 4.37. The molecule has 6 heteroatoms. The predicted molar refractivity (Wildman–Crippen MR) is 83.8 cm³/mol. The summed E-state index contributed by atoms with van der Waals surface area (Å²) in [6.07, 6.45) is 0.720. The summed E-state index contributed by atoms with van der Waals surface area (Å²) in [5.41, 5.74) is 0.437. The molecule has 106 valence electrons. The van der Waals surface area contributed by atoms with Gasteiger partial charge in [0.2, 0.25) is 0 Å². The van der Waals surface area contributed by atoms with Crippen LogP contribution < -0.4 is 0 Å². The van der Waals surface area contributed by atoms with Crippen molar-refractivity contribution in [3.63, 3.8) is 0 Å². The van der Waals surface area contributed by atoms with Crippen LogP contribution in [0.2, 0.25) is 0 Å². The normalized spacial score (nSPS) is 15.0. The lowest BCUT2D eigenvalue weighted by atomic mass is 9.79. The topological polar surface area (TPSA) is 37.3 Å². The van der Waals surface area contributed by atoms with Crippen molar-refractivity contribution in [3.05, 3.63) is 35.4 Å². The first-order chi connectivity index (χ1) is 8.75. The Balaban J connectivity index is 3.33. The van der Waals surface area contributed by atoms with Gasteiger partial charge in [-0.15, -0.1) is 0 Å². The van der Waals surface area contributed by atoms with Gasteiger partial charge in [0.15, 0.2) is 3.79 Å². The number of rotatable bonds is 5. The van der Waals surface area contributed by atoms with Crippen LogP contribution in [0.15, 0.2) is 24.3 Å². The molecule has 0 aliphatic heterocycles. The molecule has 0 aliphatic carbocycles. The Hall–Kier alpha value is 0.0400. The summed E-state index contributed by atoms with van der Waals surface area (Å²) in [6.45, 7) is 2.00. The molecule has 0 saturated heterocycles. The molecule has 1 aromatic carbocycles. The van der Waals surface area contributed by atoms with E-state index in [4.69, 9.17) is 34.8 Å². The molecule has 1 aromatic rings. The Morgan fingerprint density at radius 1 is 1.37 bits per heavy atom. The molecule has 0 aliphatic rings. The molecule has 0 fully saturated rings. The smallest absolute Gasteiger partial charge is 0.315 e. The van der Waals surface area contributed by atoms with Crippen molar-refractivity contribution < 1.29 is 9.90 Å². The van der Waals surface area contributed by atoms with E-state index in [1.54, 1.807) is 6.07 Å². The van der Waals surface area contributed by atoms with Gasteiger partial charge < -0.3 is 5.11 Å². The van der Waals surface area contributed by atoms with Crippen LogP contribution in [0.5, 0.6) is 0 Å². The van der Waals surface area contributed by atoms with Crippen LogP contribution in [-0.2, 0) is 16.6 Å². The second kappa shape index (κ2) is 6.66. The molecule has 1 atom stereocenters. The second-order valence-corrected chi connectivity index (χ2v) is 7.44. The van der Waals surface area contributed by atoms with Crippen molar-refractivity contribution >= 4 is 56.7 Å². The lowest BCUT2D eigenvalue weighted by molar-refractivity contribution is -0.143. The van der Waals surface area contributed by atoms with E-state index in [0.29, 0.717) is 5.56 Å². The number of carbonyl (C=O) groups is 1. The summed E-state index contributed by atoms with van der Waals surface area (Å²) in [6, 6.07) is 7.38. The summed E-state index contributed by atoms with van der Waals surface area (Å²) in [7, 11) is 0. The van der Waals surface area contributed by atoms with Crippen molar-refractivity contribution in [2.45, 2.75) is 29.0 Å². The molecule has 0 aromatic heterocycles. The fraction of sp³-hybridized carbons (Fsp3) is 0.462. The highest BCUT2D eigenvalue weighted by atomic mass is 79.9. The third kappa shape index (κ3) is 4.25. The maximum atomic E-state index is 11.7. The van der Waals surface area contributed by atoms with Crippen molar-refractivity contribution in [2.75, 3.05) is 5.33 Å². The molecule has 0 amide bonds. The first-order valence-corrected chi connectivity index (χ1v) is 7.96. The monoisotopic (exact) mass is 386 g/mol. The van der Waals surface area contributed by atoms with Crippen LogP contribution in [0, 0.1) is 0 Å². The van der Waals surface area contributed by atoms with Gasteiger partial charge in [0.05, 0.1) is 0 Å². The molecule has 0 bridgehead atoms. The SMILES string of the molecule is CCc1cccc(C(CBr)(CC(Cl)(Cl)Cl)C(=O)O)c1. The van der Waals surface area contributed by atoms with Gasteiger partial charge in [-0.1, -0.05) is 81.9 Å². The Labute approximate surface area is 136 Å². The van der Waals surface area contributed by atoms with E-state index in [-0.39, 0.29) is 11.8 Å². The average Bonchev–Trinajstić information content (AvgIpc) is 2.34. The summed E-state index contributed by atoms with van der Waals surface area (Å²) in [5, 5.41) is 9.78. The fourth-order valence-electron chi connectivity index (χ4n) is 1.91. The van der Waals surface area contributed by atoms with Gasteiger partial charge in [-0.3, -0.25) is 4.79 Å². The first-order valence-electron chi connectivity index (χ1n) is 5.70. The van der Waals surface area contributed by atoms with Crippen LogP contribution in [0.1, 0.15) is 24.5 Å². The summed E-state index contributed by atoms with van der Waals surface area (Å²) in [5.74, 6) is -1.01. The third-order valence-corrected chi connectivity index (χ3v) is 4.39. The van der Waals surface area contributed by atoms with Crippen molar-refractivity contribution in [2.24, 2.45) is 0 Å². The van der Waals surface area contributed by atoms with E-state index in [9.17, 15) is 9.90 Å². The van der Waals surface area contributed by atoms with Gasteiger partial charge in [-0.05, 0) is 17.5 Å². The van der Waals surface area contributed by atoms with Gasteiger partial charge in [0, 0.05) is 11.8 Å². The van der Waals surface area contributed by atoms with E-state index in [0.717, 1.165) is 12.0 Å². The summed E-state index contributed by atoms with van der Waals surface area (Å²) >= 11 is 20.7. The highest BCUT2D eigenvalue weighted by Crippen LogP contribution is 2.42. The van der Waals surface area contributed by atoms with Crippen molar-refractivity contribution in [1.82, 2.24) is 0 Å². The number of hydrogen-bond donors (Lipinski definition) is 1. The van der Waals surface area contributed by atoms with Crippen molar-refractivity contribution in [3.8, 4) is 0 Å². The molecule has 2 nitrogen and oxygen atoms in total. The van der Waals surface area contributed by atoms with Gasteiger partial charge in [0.1, 0.15) is 5.41 Å². The molecule has 0 radical (unpaired) electrons. The standard InChI is InChI=1S/C13H14BrCl3O2/c1-2-9-4-3-5-10(6-9)12(8-14,11(18)19)7-13(15,16)17/h3-6H,2,7-8H2,1H3,(H,18,19). The minimum Gasteiger partial charge on any atom is -0.481 e. The number of halogens is 4. The molecular weight excluding hydrogens is 374 g/mol. The number of hydrogen-bond acceptors (Lipinski definition) is 1. The summed E-state index contributed by atoms with van der Waals surface area (Å²) < 4.78 is -1.63. The summed E-state index contributed by atoms with van der Waals surface area (Å²) in [4.78, 5) is 11.7. The molecule has 19 heavy (non-hydrogen) atoms. The zero-order valence-electron chi connectivity index (χ0n) is 10.3. The zero-order chi connectivity index (χ0) is 14.7. The van der Waals surface area contributed by atoms with E-state index in [1.165, 1.54) is 0 Å². The molecule has 0 spiro atoms. The molecule has 1 rings (SSSR count). The van der Waals surface area contributed by atoms with Crippen LogP contribution >= 0.6 is 50.7 Å². The Bertz CT molecular complexity index is 459. The molecule has 1 unspecified atom stereocenters.